The third-order valence-corrected chi connectivity index (χ3v) is 6.77. The van der Waals surface area contributed by atoms with Crippen LogP contribution >= 0.6 is 0 Å². The Morgan fingerprint density at radius 2 is 2.04 bits per heavy atom. The van der Waals surface area contributed by atoms with E-state index < -0.39 is 10.0 Å². The molecular weight excluding hydrogens is 358 g/mol. The number of nitrogens with zero attached hydrogens (tertiary/aromatic N) is 3. The summed E-state index contributed by atoms with van der Waals surface area (Å²) in [5, 5.41) is 10.6. The molecule has 1 aromatic heterocycles. The zero-order chi connectivity index (χ0) is 19.8. The molecule has 0 bridgehead atoms. The van der Waals surface area contributed by atoms with E-state index in [1.54, 1.807) is 24.5 Å². The maximum atomic E-state index is 13.6. The van der Waals surface area contributed by atoms with Crippen LogP contribution in [0.1, 0.15) is 29.2 Å². The summed E-state index contributed by atoms with van der Waals surface area (Å²) in [6, 6.07) is 5.56. The lowest BCUT2D eigenvalue weighted by molar-refractivity contribution is 0.602. The van der Waals surface area contributed by atoms with Gasteiger partial charge in [-0.25, -0.2) is 8.42 Å². The second-order valence-electron chi connectivity index (χ2n) is 6.51. The highest BCUT2D eigenvalue weighted by Gasteiger charge is 2.33. The van der Waals surface area contributed by atoms with Crippen LogP contribution in [0.2, 0.25) is 0 Å². The van der Waals surface area contributed by atoms with Gasteiger partial charge in [-0.15, -0.1) is 0 Å². The SMILES string of the molecule is C=C/C(=c1/c(C)cnc/c1=C/C)S(=O)(=O)N1CCc2c(C)cc(C#N)cc21. The van der Waals surface area contributed by atoms with Crippen LogP contribution in [-0.4, -0.2) is 19.9 Å². The summed E-state index contributed by atoms with van der Waals surface area (Å²) < 4.78 is 28.5. The zero-order valence-electron chi connectivity index (χ0n) is 15.7. The molecular formula is C21H21N3O2S. The molecule has 1 aliphatic rings. The standard InChI is InChI=1S/C21H21N3O2S/c1-5-17-13-23-12-15(4)21(17)20(6-2)27(25,26)24-8-7-18-14(3)9-16(11-22)10-19(18)24/h5-6,9-10,12-13H,2,7-8H2,1,3-4H3/b17-5-,21-20+. The van der Waals surface area contributed by atoms with Crippen molar-refractivity contribution in [2.75, 3.05) is 10.8 Å². The van der Waals surface area contributed by atoms with E-state index in [1.807, 2.05) is 26.8 Å². The summed E-state index contributed by atoms with van der Waals surface area (Å²) in [4.78, 5) is 4.31. The number of rotatable bonds is 3. The number of fused-ring (bicyclic) bond motifs is 1. The van der Waals surface area contributed by atoms with Crippen molar-refractivity contribution in [3.8, 4) is 6.07 Å². The van der Waals surface area contributed by atoms with E-state index in [1.165, 1.54) is 10.4 Å². The number of benzene rings is 1. The van der Waals surface area contributed by atoms with E-state index in [2.05, 4.69) is 17.6 Å². The van der Waals surface area contributed by atoms with Crippen LogP contribution in [0.5, 0.6) is 0 Å². The number of pyridine rings is 1. The summed E-state index contributed by atoms with van der Waals surface area (Å²) in [6.45, 7) is 9.71. The molecule has 5 nitrogen and oxygen atoms in total. The van der Waals surface area contributed by atoms with Gasteiger partial charge < -0.3 is 0 Å². The molecule has 0 spiro atoms. The maximum absolute atomic E-state index is 13.6. The molecule has 0 saturated carbocycles. The fourth-order valence-electron chi connectivity index (χ4n) is 3.59. The van der Waals surface area contributed by atoms with Crippen LogP contribution in [0.4, 0.5) is 5.69 Å². The van der Waals surface area contributed by atoms with Crippen molar-refractivity contribution < 1.29 is 8.42 Å². The van der Waals surface area contributed by atoms with Crippen LogP contribution in [-0.2, 0) is 16.4 Å². The van der Waals surface area contributed by atoms with Crippen LogP contribution in [0.3, 0.4) is 0 Å². The molecule has 0 amide bonds. The lowest BCUT2D eigenvalue weighted by Crippen LogP contribution is -2.37. The summed E-state index contributed by atoms with van der Waals surface area (Å²) in [5.74, 6) is 0. The number of aryl methyl sites for hydroxylation is 2. The van der Waals surface area contributed by atoms with Gasteiger partial charge in [0.05, 0.1) is 22.2 Å². The Morgan fingerprint density at radius 3 is 2.67 bits per heavy atom. The monoisotopic (exact) mass is 379 g/mol. The van der Waals surface area contributed by atoms with Crippen LogP contribution in [0.25, 0.3) is 11.0 Å². The number of hydrogen-bond acceptors (Lipinski definition) is 4. The lowest BCUT2D eigenvalue weighted by atomic mass is 10.0. The summed E-state index contributed by atoms with van der Waals surface area (Å²) in [5.41, 5.74) is 3.71. The van der Waals surface area contributed by atoms with Gasteiger partial charge in [-0.05, 0) is 67.3 Å². The van der Waals surface area contributed by atoms with Gasteiger partial charge in [0.2, 0.25) is 0 Å². The number of nitriles is 1. The molecule has 2 heterocycles. The number of aromatic nitrogens is 1. The third-order valence-electron chi connectivity index (χ3n) is 4.89. The van der Waals surface area contributed by atoms with Crippen molar-refractivity contribution in [2.45, 2.75) is 27.2 Å². The van der Waals surface area contributed by atoms with E-state index in [4.69, 9.17) is 0 Å². The molecule has 27 heavy (non-hydrogen) atoms. The van der Waals surface area contributed by atoms with Crippen molar-refractivity contribution in [3.63, 3.8) is 0 Å². The normalized spacial score (nSPS) is 15.3. The van der Waals surface area contributed by atoms with Gasteiger partial charge in [-0.2, -0.15) is 5.26 Å². The molecule has 0 atom stereocenters. The summed E-state index contributed by atoms with van der Waals surface area (Å²) in [6.07, 6.45) is 7.15. The van der Waals surface area contributed by atoms with Gasteiger partial charge in [-0.3, -0.25) is 9.29 Å². The Bertz CT molecular complexity index is 1210. The molecule has 0 N–H and O–H groups in total. The molecule has 0 radical (unpaired) electrons. The van der Waals surface area contributed by atoms with E-state index >= 15 is 0 Å². The molecule has 0 saturated heterocycles. The Balaban J connectivity index is 2.33. The van der Waals surface area contributed by atoms with Gasteiger partial charge in [0.15, 0.2) is 0 Å². The first-order valence-corrected chi connectivity index (χ1v) is 10.1. The predicted molar refractivity (Wildman–Crippen MR) is 108 cm³/mol. The van der Waals surface area contributed by atoms with Crippen LogP contribution < -0.4 is 14.7 Å². The Labute approximate surface area is 159 Å². The minimum absolute atomic E-state index is 0.156. The number of hydrogen-bond donors (Lipinski definition) is 0. The van der Waals surface area contributed by atoms with Crippen LogP contribution in [0.15, 0.2) is 37.2 Å². The van der Waals surface area contributed by atoms with E-state index in [-0.39, 0.29) is 4.91 Å². The average Bonchev–Trinajstić information content (AvgIpc) is 3.08. The second-order valence-corrected chi connectivity index (χ2v) is 8.34. The Morgan fingerprint density at radius 1 is 1.30 bits per heavy atom. The third kappa shape index (κ3) is 3.04. The molecule has 6 heteroatoms. The minimum Gasteiger partial charge on any atom is -0.266 e. The molecule has 1 aromatic carbocycles. The average molecular weight is 379 g/mol. The maximum Gasteiger partial charge on any atom is 0.264 e. The van der Waals surface area contributed by atoms with Crippen molar-refractivity contribution in [2.24, 2.45) is 0 Å². The van der Waals surface area contributed by atoms with Gasteiger partial charge in [0, 0.05) is 24.2 Å². The predicted octanol–water partition coefficient (Wildman–Crippen LogP) is 2.06. The van der Waals surface area contributed by atoms with Crippen molar-refractivity contribution >= 4 is 26.7 Å². The molecule has 2 aromatic rings. The highest BCUT2D eigenvalue weighted by atomic mass is 32.2. The molecule has 0 fully saturated rings. The molecule has 138 valence electrons. The molecule has 0 aliphatic carbocycles. The first-order chi connectivity index (χ1) is 12.8. The Hall–Kier alpha value is -2.91. The van der Waals surface area contributed by atoms with Crippen molar-refractivity contribution in [1.82, 2.24) is 4.98 Å². The fraction of sp³-hybridized carbons (Fsp3) is 0.238. The number of anilines is 1. The Kier molecular flexibility index (Phi) is 4.90. The van der Waals surface area contributed by atoms with Crippen LogP contribution in [0, 0.1) is 25.2 Å². The smallest absolute Gasteiger partial charge is 0.264 e. The van der Waals surface area contributed by atoms with Gasteiger partial charge in [-0.1, -0.05) is 12.7 Å². The molecule has 3 rings (SSSR count). The van der Waals surface area contributed by atoms with Crippen molar-refractivity contribution in [1.29, 1.82) is 5.26 Å². The van der Waals surface area contributed by atoms with Gasteiger partial charge >= 0.3 is 0 Å². The highest BCUT2D eigenvalue weighted by Crippen LogP contribution is 2.35. The second kappa shape index (κ2) is 7.01. The molecule has 0 unspecified atom stereocenters. The van der Waals surface area contributed by atoms with Crippen molar-refractivity contribution in [3.05, 3.63) is 69.9 Å². The van der Waals surface area contributed by atoms with E-state index in [0.29, 0.717) is 29.4 Å². The van der Waals surface area contributed by atoms with E-state index in [0.717, 1.165) is 21.9 Å². The topological polar surface area (TPSA) is 74.1 Å². The van der Waals surface area contributed by atoms with Gasteiger partial charge in [0.1, 0.15) is 0 Å². The minimum atomic E-state index is -3.84. The lowest BCUT2D eigenvalue weighted by Gasteiger charge is -2.21. The van der Waals surface area contributed by atoms with Gasteiger partial charge in [0.25, 0.3) is 10.0 Å². The first-order valence-electron chi connectivity index (χ1n) is 8.65. The van der Waals surface area contributed by atoms with E-state index in [9.17, 15) is 13.7 Å². The highest BCUT2D eigenvalue weighted by molar-refractivity contribution is 8.01. The quantitative estimate of drug-likeness (QED) is 0.818. The fourth-order valence-corrected chi connectivity index (χ4v) is 5.33. The summed E-state index contributed by atoms with van der Waals surface area (Å²) in [7, 11) is -3.84. The first kappa shape index (κ1) is 18.9. The largest absolute Gasteiger partial charge is 0.266 e. The molecule has 1 aliphatic heterocycles. The number of sulfonamides is 1. The zero-order valence-corrected chi connectivity index (χ0v) is 16.5. The summed E-state index contributed by atoms with van der Waals surface area (Å²) >= 11 is 0.